The van der Waals surface area contributed by atoms with E-state index in [4.69, 9.17) is 0 Å². The highest BCUT2D eigenvalue weighted by Crippen LogP contribution is 1.92. The molecule has 0 saturated heterocycles. The minimum Gasteiger partial charge on any atom is -0.229 e. The van der Waals surface area contributed by atoms with Crippen LogP contribution >= 0.6 is 0 Å². The van der Waals surface area contributed by atoms with Crippen LogP contribution < -0.4 is 0 Å². The lowest BCUT2D eigenvalue weighted by molar-refractivity contribution is 0.602. The Morgan fingerprint density at radius 1 is 1.38 bits per heavy atom. The molecule has 3 heteroatoms. The van der Waals surface area contributed by atoms with Crippen LogP contribution in [0.3, 0.4) is 0 Å². The first-order valence-electron chi connectivity index (χ1n) is 2.41. The topological polar surface area (TPSA) is 34.1 Å². The Bertz CT molecular complexity index is 135. The van der Waals surface area contributed by atoms with E-state index in [0.717, 1.165) is 0 Å². The second-order valence-electron chi connectivity index (χ2n) is 1.65. The lowest BCUT2D eigenvalue weighted by atomic mass is 10.4. The summed E-state index contributed by atoms with van der Waals surface area (Å²) in [7, 11) is -2.98. The van der Waals surface area contributed by atoms with E-state index in [1.807, 2.05) is 0 Å². The third-order valence-corrected chi connectivity index (χ3v) is 1.62. The molecule has 0 bridgehead atoms. The predicted molar refractivity (Wildman–Crippen MR) is 33.7 cm³/mol. The van der Waals surface area contributed by atoms with Crippen LogP contribution in [-0.2, 0) is 9.84 Å². The van der Waals surface area contributed by atoms with Gasteiger partial charge in [-0.05, 0) is 6.42 Å². The van der Waals surface area contributed by atoms with Gasteiger partial charge in [-0.25, -0.2) is 8.42 Å². The summed E-state index contributed by atoms with van der Waals surface area (Å²) in [6.45, 7) is 3.50. The maximum Gasteiger partial charge on any atom is 0.151 e. The molecule has 0 unspecified atom stereocenters. The predicted octanol–water partition coefficient (Wildman–Crippen LogP) is 0.807. The SMILES string of the molecule is [CH2]CCCS([CH2])(=O)=O. The summed E-state index contributed by atoms with van der Waals surface area (Å²) in [6, 6.07) is 0. The highest BCUT2D eigenvalue weighted by molar-refractivity contribution is 7.92. The molecule has 0 atom stereocenters. The van der Waals surface area contributed by atoms with Gasteiger partial charge in [0.2, 0.25) is 0 Å². The van der Waals surface area contributed by atoms with Crippen LogP contribution in [0, 0.1) is 13.2 Å². The van der Waals surface area contributed by atoms with Crippen molar-refractivity contribution in [3.63, 3.8) is 0 Å². The largest absolute Gasteiger partial charge is 0.229 e. The molecule has 0 spiro atoms. The number of sulfone groups is 1. The minimum atomic E-state index is -2.98. The summed E-state index contributed by atoms with van der Waals surface area (Å²) in [5.74, 6) is 0.163. The first-order valence-corrected chi connectivity index (χ1v) is 4.23. The fourth-order valence-electron chi connectivity index (χ4n) is 0.322. The van der Waals surface area contributed by atoms with E-state index in [1.165, 1.54) is 0 Å². The van der Waals surface area contributed by atoms with E-state index in [9.17, 15) is 8.42 Å². The van der Waals surface area contributed by atoms with Crippen molar-refractivity contribution < 1.29 is 8.42 Å². The van der Waals surface area contributed by atoms with Crippen molar-refractivity contribution in [3.05, 3.63) is 13.2 Å². The van der Waals surface area contributed by atoms with Crippen LogP contribution in [0.2, 0.25) is 0 Å². The van der Waals surface area contributed by atoms with Gasteiger partial charge in [-0.2, -0.15) is 0 Å². The second kappa shape index (κ2) is 3.07. The fraction of sp³-hybridized carbons (Fsp3) is 0.600. The number of hydrogen-bond donors (Lipinski definition) is 0. The molecule has 0 fully saturated rings. The molecule has 0 rings (SSSR count). The number of rotatable bonds is 3. The molecule has 8 heavy (non-hydrogen) atoms. The van der Waals surface area contributed by atoms with E-state index >= 15 is 0 Å². The Morgan fingerprint density at radius 3 is 2.00 bits per heavy atom. The molecule has 0 aromatic rings. The van der Waals surface area contributed by atoms with Gasteiger partial charge >= 0.3 is 0 Å². The molecule has 2 radical (unpaired) electrons. The molecule has 0 aliphatic heterocycles. The van der Waals surface area contributed by atoms with Crippen LogP contribution in [0.15, 0.2) is 0 Å². The highest BCUT2D eigenvalue weighted by Gasteiger charge is 1.98. The minimum absolute atomic E-state index is 0.163. The molecule has 2 nitrogen and oxygen atoms in total. The van der Waals surface area contributed by atoms with Crippen molar-refractivity contribution in [1.29, 1.82) is 0 Å². The molecule has 0 aliphatic carbocycles. The van der Waals surface area contributed by atoms with Gasteiger partial charge in [0.1, 0.15) is 0 Å². The first-order chi connectivity index (χ1) is 3.56. The number of unbranched alkanes of at least 4 members (excludes halogenated alkanes) is 1. The van der Waals surface area contributed by atoms with Crippen LogP contribution in [0.4, 0.5) is 0 Å². The molecule has 0 heterocycles. The Morgan fingerprint density at radius 2 is 1.88 bits per heavy atom. The smallest absolute Gasteiger partial charge is 0.151 e. The molecular formula is C5H10O2S. The van der Waals surface area contributed by atoms with Crippen molar-refractivity contribution in [2.45, 2.75) is 12.8 Å². The quantitative estimate of drug-likeness (QED) is 0.572. The molecule has 0 aromatic carbocycles. The van der Waals surface area contributed by atoms with Crippen molar-refractivity contribution in [3.8, 4) is 0 Å². The highest BCUT2D eigenvalue weighted by atomic mass is 32.2. The van der Waals surface area contributed by atoms with Crippen molar-refractivity contribution >= 4 is 9.84 Å². The lowest BCUT2D eigenvalue weighted by Crippen LogP contribution is -1.98. The summed E-state index contributed by atoms with van der Waals surface area (Å²) < 4.78 is 20.5. The van der Waals surface area contributed by atoms with Crippen LogP contribution in [0.5, 0.6) is 0 Å². The summed E-state index contributed by atoms with van der Waals surface area (Å²) in [5, 5.41) is 0. The van der Waals surface area contributed by atoms with Crippen molar-refractivity contribution in [2.24, 2.45) is 0 Å². The van der Waals surface area contributed by atoms with Gasteiger partial charge in [-0.1, -0.05) is 13.3 Å². The van der Waals surface area contributed by atoms with Crippen LogP contribution in [-0.4, -0.2) is 14.2 Å². The van der Waals surface area contributed by atoms with E-state index < -0.39 is 9.84 Å². The van der Waals surface area contributed by atoms with Gasteiger partial charge in [0, 0.05) is 0 Å². The van der Waals surface area contributed by atoms with Gasteiger partial charge in [-0.3, -0.25) is 0 Å². The van der Waals surface area contributed by atoms with Gasteiger partial charge < -0.3 is 0 Å². The summed E-state index contributed by atoms with van der Waals surface area (Å²) in [4.78, 5) is 0. The van der Waals surface area contributed by atoms with Gasteiger partial charge in [0.05, 0.1) is 12.0 Å². The second-order valence-corrected chi connectivity index (χ2v) is 3.55. The maximum absolute atomic E-state index is 10.3. The first kappa shape index (κ1) is 7.95. The third kappa shape index (κ3) is 5.95. The zero-order valence-electron chi connectivity index (χ0n) is 4.76. The van der Waals surface area contributed by atoms with Crippen LogP contribution in [0.25, 0.3) is 0 Å². The average molecular weight is 134 g/mol. The summed E-state index contributed by atoms with van der Waals surface area (Å²) in [6.07, 6.45) is 4.23. The molecule has 0 aliphatic rings. The monoisotopic (exact) mass is 134 g/mol. The number of hydrogen-bond acceptors (Lipinski definition) is 2. The van der Waals surface area contributed by atoms with E-state index in [0.29, 0.717) is 12.8 Å². The standard InChI is InChI=1S/C5H10O2S/c1-3-4-5-8(2,6)7/h1-5H2. The van der Waals surface area contributed by atoms with Crippen molar-refractivity contribution in [1.82, 2.24) is 0 Å². The Balaban J connectivity index is 3.42. The van der Waals surface area contributed by atoms with Gasteiger partial charge in [0.15, 0.2) is 9.84 Å². The Labute approximate surface area is 50.8 Å². The lowest BCUT2D eigenvalue weighted by Gasteiger charge is -1.90. The van der Waals surface area contributed by atoms with E-state index in [2.05, 4.69) is 13.2 Å². The summed E-state index contributed by atoms with van der Waals surface area (Å²) in [5.41, 5.74) is 0. The van der Waals surface area contributed by atoms with Gasteiger partial charge in [-0.15, -0.1) is 0 Å². The molecule has 0 amide bonds. The normalized spacial score (nSPS) is 11.8. The Hall–Kier alpha value is -0.0500. The van der Waals surface area contributed by atoms with E-state index in [-0.39, 0.29) is 5.75 Å². The fourth-order valence-corrected chi connectivity index (χ4v) is 0.966. The van der Waals surface area contributed by atoms with Gasteiger partial charge in [0.25, 0.3) is 0 Å². The molecule has 48 valence electrons. The molecule has 0 N–H and O–H groups in total. The summed E-state index contributed by atoms with van der Waals surface area (Å²) >= 11 is 0. The molecule has 0 aromatic heterocycles. The zero-order valence-corrected chi connectivity index (χ0v) is 5.58. The van der Waals surface area contributed by atoms with E-state index in [1.54, 1.807) is 0 Å². The molecule has 0 saturated carbocycles. The maximum atomic E-state index is 10.3. The van der Waals surface area contributed by atoms with Crippen LogP contribution in [0.1, 0.15) is 12.8 Å². The average Bonchev–Trinajstić information content (AvgIpc) is 1.59. The molecular weight excluding hydrogens is 124 g/mol. The third-order valence-electron chi connectivity index (χ3n) is 0.705. The van der Waals surface area contributed by atoms with Crippen molar-refractivity contribution in [2.75, 3.05) is 5.75 Å². The Kier molecular flexibility index (Phi) is 3.05. The zero-order chi connectivity index (χ0) is 6.62.